The molecule has 1 aliphatic rings. The number of anilines is 1. The fraction of sp³-hybridized carbons (Fsp3) is 0.556. The summed E-state index contributed by atoms with van der Waals surface area (Å²) in [5, 5.41) is 3.17. The minimum atomic E-state index is -0.327. The normalized spacial score (nSPS) is 17.5. The number of nitrogens with two attached hydrogens (primary N) is 1. The molecule has 0 saturated heterocycles. The van der Waals surface area contributed by atoms with Gasteiger partial charge in [-0.3, -0.25) is 4.79 Å². The molecule has 4 N–H and O–H groups in total. The van der Waals surface area contributed by atoms with E-state index in [1.54, 1.807) is 0 Å². The van der Waals surface area contributed by atoms with Gasteiger partial charge < -0.3 is 16.0 Å². The van der Waals surface area contributed by atoms with Crippen LogP contribution in [0.3, 0.4) is 0 Å². The van der Waals surface area contributed by atoms with Crippen molar-refractivity contribution < 1.29 is 0 Å². The van der Waals surface area contributed by atoms with Gasteiger partial charge >= 0.3 is 0 Å². The van der Waals surface area contributed by atoms with Crippen molar-refractivity contribution in [1.29, 1.82) is 0 Å². The molecule has 5 nitrogen and oxygen atoms in total. The number of nitrogens with zero attached hydrogens (tertiary/aromatic N) is 1. The molecule has 0 bridgehead atoms. The number of aromatic nitrogens is 2. The lowest BCUT2D eigenvalue weighted by Gasteiger charge is -2.13. The summed E-state index contributed by atoms with van der Waals surface area (Å²) in [6.45, 7) is 1.38. The summed E-state index contributed by atoms with van der Waals surface area (Å²) < 4.78 is 0. The van der Waals surface area contributed by atoms with Gasteiger partial charge in [0.1, 0.15) is 5.02 Å². The Hall–Kier alpha value is -1.07. The van der Waals surface area contributed by atoms with Gasteiger partial charge in [0.2, 0.25) is 0 Å². The van der Waals surface area contributed by atoms with Gasteiger partial charge in [0.25, 0.3) is 5.56 Å². The first-order valence-electron chi connectivity index (χ1n) is 4.84. The van der Waals surface area contributed by atoms with Gasteiger partial charge in [0, 0.05) is 6.54 Å². The molecule has 6 heteroatoms. The van der Waals surface area contributed by atoms with Crippen LogP contribution in [0.2, 0.25) is 5.02 Å². The van der Waals surface area contributed by atoms with Crippen molar-refractivity contribution in [2.24, 2.45) is 11.1 Å². The molecule has 1 fully saturated rings. The van der Waals surface area contributed by atoms with E-state index >= 15 is 0 Å². The summed E-state index contributed by atoms with van der Waals surface area (Å²) in [5.74, 6) is 0.431. The van der Waals surface area contributed by atoms with Crippen LogP contribution >= 0.6 is 11.6 Å². The Morgan fingerprint density at radius 2 is 2.40 bits per heavy atom. The molecular formula is C9H13ClN4O. The van der Waals surface area contributed by atoms with E-state index in [0.29, 0.717) is 12.4 Å². The van der Waals surface area contributed by atoms with E-state index < -0.39 is 0 Å². The Kier molecular flexibility index (Phi) is 2.67. The Labute approximate surface area is 92.0 Å². The molecule has 1 heterocycles. The Balaban J connectivity index is 2.05. The number of aromatic amines is 1. The van der Waals surface area contributed by atoms with Crippen LogP contribution in [0.4, 0.5) is 5.82 Å². The van der Waals surface area contributed by atoms with Crippen molar-refractivity contribution in [3.8, 4) is 0 Å². The Morgan fingerprint density at radius 1 is 1.67 bits per heavy atom. The van der Waals surface area contributed by atoms with Crippen molar-refractivity contribution in [3.63, 3.8) is 0 Å². The van der Waals surface area contributed by atoms with Gasteiger partial charge in [-0.05, 0) is 24.8 Å². The van der Waals surface area contributed by atoms with Crippen LogP contribution in [0.25, 0.3) is 0 Å². The Bertz CT molecular complexity index is 413. The first-order valence-corrected chi connectivity index (χ1v) is 5.22. The lowest BCUT2D eigenvalue weighted by atomic mass is 10.1. The number of hydrogen-bond donors (Lipinski definition) is 3. The molecule has 1 aromatic heterocycles. The number of halogens is 1. The largest absolute Gasteiger partial charge is 0.368 e. The molecule has 15 heavy (non-hydrogen) atoms. The van der Waals surface area contributed by atoms with E-state index in [0.717, 1.165) is 19.4 Å². The lowest BCUT2D eigenvalue weighted by Crippen LogP contribution is -2.25. The third-order valence-electron chi connectivity index (χ3n) is 2.82. The van der Waals surface area contributed by atoms with Gasteiger partial charge in [-0.25, -0.2) is 4.98 Å². The van der Waals surface area contributed by atoms with Crippen LogP contribution in [-0.2, 0) is 0 Å². The maximum atomic E-state index is 11.2. The van der Waals surface area contributed by atoms with E-state index in [1.807, 2.05) is 0 Å². The third-order valence-corrected chi connectivity index (χ3v) is 3.17. The predicted molar refractivity (Wildman–Crippen MR) is 59.1 cm³/mol. The van der Waals surface area contributed by atoms with Crippen molar-refractivity contribution >= 4 is 17.4 Å². The maximum absolute atomic E-state index is 11.2. The van der Waals surface area contributed by atoms with Crippen LogP contribution in [-0.4, -0.2) is 23.1 Å². The summed E-state index contributed by atoms with van der Waals surface area (Å²) in [6, 6.07) is 0. The average molecular weight is 229 g/mol. The average Bonchev–Trinajstić information content (AvgIpc) is 3.01. The van der Waals surface area contributed by atoms with Crippen molar-refractivity contribution in [2.75, 3.05) is 18.4 Å². The molecule has 0 unspecified atom stereocenters. The fourth-order valence-electron chi connectivity index (χ4n) is 1.41. The van der Waals surface area contributed by atoms with Gasteiger partial charge in [-0.2, -0.15) is 0 Å². The SMILES string of the molecule is NCC1(CNc2nc[nH]c(=O)c2Cl)CC1. The van der Waals surface area contributed by atoms with E-state index in [4.69, 9.17) is 17.3 Å². The lowest BCUT2D eigenvalue weighted by molar-refractivity contribution is 0.555. The first kappa shape index (κ1) is 10.4. The quantitative estimate of drug-likeness (QED) is 0.704. The summed E-state index contributed by atoms with van der Waals surface area (Å²) in [6.07, 6.45) is 3.58. The zero-order chi connectivity index (χ0) is 10.9. The molecule has 0 amide bonds. The highest BCUT2D eigenvalue weighted by molar-refractivity contribution is 6.32. The zero-order valence-corrected chi connectivity index (χ0v) is 8.97. The summed E-state index contributed by atoms with van der Waals surface area (Å²) >= 11 is 5.79. The predicted octanol–water partition coefficient (Wildman–Crippen LogP) is 0.574. The summed E-state index contributed by atoms with van der Waals surface area (Å²) in [7, 11) is 0. The van der Waals surface area contributed by atoms with Crippen molar-refractivity contribution in [1.82, 2.24) is 9.97 Å². The topological polar surface area (TPSA) is 83.8 Å². The molecule has 0 spiro atoms. The highest BCUT2D eigenvalue weighted by Gasteiger charge is 2.41. The zero-order valence-electron chi connectivity index (χ0n) is 8.22. The molecule has 2 rings (SSSR count). The molecule has 0 radical (unpaired) electrons. The van der Waals surface area contributed by atoms with E-state index in [9.17, 15) is 4.79 Å². The van der Waals surface area contributed by atoms with Crippen molar-refractivity contribution in [2.45, 2.75) is 12.8 Å². The van der Waals surface area contributed by atoms with Crippen molar-refractivity contribution in [3.05, 3.63) is 21.7 Å². The maximum Gasteiger partial charge on any atom is 0.271 e. The van der Waals surface area contributed by atoms with Gasteiger partial charge in [-0.15, -0.1) is 0 Å². The monoisotopic (exact) mass is 228 g/mol. The second-order valence-electron chi connectivity index (χ2n) is 3.95. The van der Waals surface area contributed by atoms with Gasteiger partial charge in [0.05, 0.1) is 6.33 Å². The second-order valence-corrected chi connectivity index (χ2v) is 4.33. The first-order chi connectivity index (χ1) is 7.17. The van der Waals surface area contributed by atoms with Gasteiger partial charge in [0.15, 0.2) is 5.82 Å². The molecule has 1 saturated carbocycles. The number of H-pyrrole nitrogens is 1. The molecular weight excluding hydrogens is 216 g/mol. The molecule has 1 aliphatic carbocycles. The molecule has 0 aromatic carbocycles. The highest BCUT2D eigenvalue weighted by Crippen LogP contribution is 2.44. The third kappa shape index (κ3) is 2.13. The minimum absolute atomic E-state index is 0.102. The van der Waals surface area contributed by atoms with Crippen LogP contribution in [0.5, 0.6) is 0 Å². The van der Waals surface area contributed by atoms with E-state index in [-0.39, 0.29) is 16.0 Å². The van der Waals surface area contributed by atoms with Crippen LogP contribution in [0.1, 0.15) is 12.8 Å². The van der Waals surface area contributed by atoms with Crippen LogP contribution in [0.15, 0.2) is 11.1 Å². The molecule has 1 aromatic rings. The van der Waals surface area contributed by atoms with Crippen LogP contribution < -0.4 is 16.6 Å². The standard InChI is InChI=1S/C9H13ClN4O/c10-6-7(13-5-14-8(6)15)12-4-9(3-11)1-2-9/h5H,1-4,11H2,(H2,12,13,14,15). The number of hydrogen-bond acceptors (Lipinski definition) is 4. The summed E-state index contributed by atoms with van der Waals surface area (Å²) in [5.41, 5.74) is 5.50. The van der Waals surface area contributed by atoms with E-state index in [2.05, 4.69) is 15.3 Å². The number of rotatable bonds is 4. The fourth-order valence-corrected chi connectivity index (χ4v) is 1.58. The van der Waals surface area contributed by atoms with E-state index in [1.165, 1.54) is 6.33 Å². The minimum Gasteiger partial charge on any atom is -0.368 e. The number of nitrogens with one attached hydrogen (secondary N) is 2. The molecule has 0 aliphatic heterocycles. The van der Waals surface area contributed by atoms with Crippen LogP contribution in [0, 0.1) is 5.41 Å². The highest BCUT2D eigenvalue weighted by atomic mass is 35.5. The Morgan fingerprint density at radius 3 is 3.00 bits per heavy atom. The molecule has 0 atom stereocenters. The smallest absolute Gasteiger partial charge is 0.271 e. The van der Waals surface area contributed by atoms with Gasteiger partial charge in [-0.1, -0.05) is 11.6 Å². The summed E-state index contributed by atoms with van der Waals surface area (Å²) in [4.78, 5) is 17.5. The molecule has 82 valence electrons. The second kappa shape index (κ2) is 3.83.